The monoisotopic (exact) mass is 860 g/mol. The fourth-order valence-electron chi connectivity index (χ4n) is 6.24. The summed E-state index contributed by atoms with van der Waals surface area (Å²) in [6.07, 6.45) is -1.18. The molecule has 0 bridgehead atoms. The number of methoxy groups -OCH3 is 4. The van der Waals surface area contributed by atoms with Crippen molar-refractivity contribution in [3.8, 4) is 35.1 Å². The summed E-state index contributed by atoms with van der Waals surface area (Å²) in [7, 11) is 6.11. The van der Waals surface area contributed by atoms with Crippen LogP contribution in [-0.2, 0) is 16.0 Å². The maximum atomic E-state index is 13.0. The third kappa shape index (κ3) is 10.6. The van der Waals surface area contributed by atoms with Crippen molar-refractivity contribution in [2.24, 2.45) is 31.4 Å². The number of aliphatic imine (C=N–C) groups is 4. The Hall–Kier alpha value is -7.42. The molecule has 2 aliphatic heterocycles. The number of rotatable bonds is 14. The van der Waals surface area contributed by atoms with Crippen LogP contribution in [0, 0.1) is 22.7 Å². The fourth-order valence-corrected chi connectivity index (χ4v) is 7.62. The summed E-state index contributed by atoms with van der Waals surface area (Å²) in [5.74, 6) is 1.51. The predicted molar refractivity (Wildman–Crippen MR) is 236 cm³/mol. The molecular weight excluding hydrogens is 821 g/mol. The third-order valence-corrected chi connectivity index (χ3v) is 10.8. The van der Waals surface area contributed by atoms with E-state index in [1.165, 1.54) is 28.4 Å². The van der Waals surface area contributed by atoms with Gasteiger partial charge in [0.15, 0.2) is 57.6 Å². The number of thioether (sulfide) groups is 2. The second kappa shape index (κ2) is 20.0. The van der Waals surface area contributed by atoms with Crippen LogP contribution in [0.5, 0.6) is 23.0 Å². The van der Waals surface area contributed by atoms with E-state index < -0.39 is 12.3 Å². The molecule has 2 amide bonds. The number of nitrogens with two attached hydrogens (primary N) is 2. The topological polar surface area (TPSA) is 268 Å². The summed E-state index contributed by atoms with van der Waals surface area (Å²) in [6, 6.07) is 25.0. The molecule has 20 heteroatoms. The predicted octanol–water partition coefficient (Wildman–Crippen LogP) is 4.34. The molecule has 0 aromatic heterocycles. The number of nitriles is 2. The van der Waals surface area contributed by atoms with Crippen LogP contribution >= 0.6 is 23.5 Å². The number of hydrogen-bond acceptors (Lipinski definition) is 18. The van der Waals surface area contributed by atoms with Gasteiger partial charge in [-0.15, -0.1) is 0 Å². The van der Waals surface area contributed by atoms with E-state index in [1.54, 1.807) is 72.8 Å². The summed E-state index contributed by atoms with van der Waals surface area (Å²) < 4.78 is 21.8. The molecule has 8 N–H and O–H groups in total. The van der Waals surface area contributed by atoms with Gasteiger partial charge in [0.25, 0.3) is 0 Å². The van der Waals surface area contributed by atoms with Crippen LogP contribution in [0.25, 0.3) is 0 Å². The van der Waals surface area contributed by atoms with Crippen molar-refractivity contribution in [1.82, 2.24) is 10.6 Å². The number of amides is 2. The van der Waals surface area contributed by atoms with Crippen LogP contribution in [0.3, 0.4) is 0 Å². The zero-order valence-corrected chi connectivity index (χ0v) is 34.9. The molecule has 6 rings (SSSR count). The molecule has 0 spiro atoms. The summed E-state index contributed by atoms with van der Waals surface area (Å²) in [4.78, 5) is 43.9. The van der Waals surface area contributed by atoms with E-state index in [0.29, 0.717) is 78.1 Å². The van der Waals surface area contributed by atoms with Gasteiger partial charge >= 0.3 is 0 Å². The van der Waals surface area contributed by atoms with E-state index >= 15 is 0 Å². The average Bonchev–Trinajstić information content (AvgIpc) is 3.27. The molecule has 0 fully saturated rings. The normalized spacial score (nSPS) is 15.4. The zero-order chi connectivity index (χ0) is 43.5. The highest BCUT2D eigenvalue weighted by molar-refractivity contribution is 8.14. The molecule has 312 valence electrons. The summed E-state index contributed by atoms with van der Waals surface area (Å²) in [5.41, 5.74) is 16.1. The lowest BCUT2D eigenvalue weighted by molar-refractivity contribution is -0.114. The van der Waals surface area contributed by atoms with Gasteiger partial charge in [-0.1, -0.05) is 59.9 Å². The van der Waals surface area contributed by atoms with Gasteiger partial charge in [-0.25, -0.2) is 20.0 Å². The Labute approximate surface area is 359 Å². The Balaban J connectivity index is 1.04. The van der Waals surface area contributed by atoms with E-state index in [4.69, 9.17) is 30.4 Å². The first-order valence-electron chi connectivity index (χ1n) is 18.3. The molecule has 0 saturated heterocycles. The average molecular weight is 861 g/mol. The minimum Gasteiger partial charge on any atom is -0.493 e. The Bertz CT molecular complexity index is 2380. The second-order valence-electron chi connectivity index (χ2n) is 12.9. The van der Waals surface area contributed by atoms with Crippen molar-refractivity contribution in [2.75, 3.05) is 50.6 Å². The van der Waals surface area contributed by atoms with Gasteiger partial charge < -0.3 is 51.7 Å². The number of ether oxygens (including phenoxy) is 4. The molecule has 2 atom stereocenters. The van der Waals surface area contributed by atoms with Crippen molar-refractivity contribution < 1.29 is 28.5 Å². The van der Waals surface area contributed by atoms with Crippen LogP contribution in [0.1, 0.15) is 45.7 Å². The highest BCUT2D eigenvalue weighted by atomic mass is 32.2. The molecule has 18 nitrogen and oxygen atoms in total. The molecule has 4 aromatic carbocycles. The first kappa shape index (κ1) is 43.2. The van der Waals surface area contributed by atoms with E-state index in [0.717, 1.165) is 23.5 Å². The minimum atomic E-state index is -0.716. The van der Waals surface area contributed by atoms with Crippen molar-refractivity contribution in [3.05, 3.63) is 106 Å². The molecule has 0 radical (unpaired) electrons. The van der Waals surface area contributed by atoms with Crippen molar-refractivity contribution in [3.63, 3.8) is 0 Å². The first-order valence-corrected chi connectivity index (χ1v) is 20.2. The highest BCUT2D eigenvalue weighted by Crippen LogP contribution is 2.39. The maximum Gasteiger partial charge on any atom is 0.234 e. The van der Waals surface area contributed by atoms with E-state index in [-0.39, 0.29) is 41.7 Å². The highest BCUT2D eigenvalue weighted by Gasteiger charge is 2.25. The van der Waals surface area contributed by atoms with Gasteiger partial charge in [0, 0.05) is 28.9 Å². The molecule has 2 heterocycles. The standard InChI is InChI=1S/C41H40N12O6S2/c1-56-30-9-5-7-28(34(30)58-3)36-48-38(44)52-40(50-36)60-20-32(54)46-26-13-11-22(24(16-26)18-42)15-23-12-14-27(17-25(23)19-43)47-33(55)21-61-41-51-37(49-39(45)53-41)29-8-6-10-31(57-2)35(29)59-4/h5-14,16-17,36-37H,15,20-21H2,1-4H3,(H,46,54)(H,47,55)(H3,44,48,50,52)(H3,45,49,51,53)/t36-,37+. The van der Waals surface area contributed by atoms with Crippen LogP contribution in [-0.4, -0.2) is 74.0 Å². The second-order valence-corrected chi connectivity index (χ2v) is 14.8. The van der Waals surface area contributed by atoms with Crippen molar-refractivity contribution >= 4 is 69.0 Å². The number of anilines is 2. The van der Waals surface area contributed by atoms with Gasteiger partial charge in [0.1, 0.15) is 0 Å². The minimum absolute atomic E-state index is 0.0205. The van der Waals surface area contributed by atoms with Gasteiger partial charge in [-0.2, -0.15) is 10.5 Å². The first-order chi connectivity index (χ1) is 29.5. The van der Waals surface area contributed by atoms with Crippen molar-refractivity contribution in [1.29, 1.82) is 10.5 Å². The molecule has 0 unspecified atom stereocenters. The fraction of sp³-hybridized carbons (Fsp3) is 0.220. The molecule has 61 heavy (non-hydrogen) atoms. The lowest BCUT2D eigenvalue weighted by Crippen LogP contribution is -2.39. The summed E-state index contributed by atoms with van der Waals surface area (Å²) in [6.45, 7) is 0. The number of nitrogens with zero attached hydrogens (tertiary/aromatic N) is 6. The summed E-state index contributed by atoms with van der Waals surface area (Å²) >= 11 is 2.26. The van der Waals surface area contributed by atoms with Crippen LogP contribution < -0.4 is 51.7 Å². The molecule has 0 saturated carbocycles. The summed E-state index contributed by atoms with van der Waals surface area (Å²) in [5, 5.41) is 32.2. The third-order valence-electron chi connectivity index (χ3n) is 8.98. The lowest BCUT2D eigenvalue weighted by Gasteiger charge is -2.21. The number of carbonyl (C=O) groups excluding carboxylic acids is 2. The largest absolute Gasteiger partial charge is 0.493 e. The number of guanidine groups is 2. The maximum absolute atomic E-state index is 13.0. The number of para-hydroxylation sites is 2. The van der Waals surface area contributed by atoms with Crippen LogP contribution in [0.2, 0.25) is 0 Å². The van der Waals surface area contributed by atoms with Gasteiger partial charge in [-0.05, 0) is 47.5 Å². The van der Waals surface area contributed by atoms with Gasteiger partial charge in [-0.3, -0.25) is 9.59 Å². The van der Waals surface area contributed by atoms with E-state index in [9.17, 15) is 20.1 Å². The van der Waals surface area contributed by atoms with Crippen molar-refractivity contribution in [2.45, 2.75) is 18.8 Å². The quantitative estimate of drug-likeness (QED) is 0.103. The Morgan fingerprint density at radius 1 is 0.656 bits per heavy atom. The molecule has 0 aliphatic carbocycles. The zero-order valence-electron chi connectivity index (χ0n) is 33.3. The molecular formula is C41H40N12O6S2. The Morgan fingerprint density at radius 2 is 1.08 bits per heavy atom. The number of amidine groups is 2. The van der Waals surface area contributed by atoms with Gasteiger partial charge in [0.2, 0.25) is 11.8 Å². The lowest BCUT2D eigenvalue weighted by atomic mass is 9.96. The Morgan fingerprint density at radius 3 is 1.46 bits per heavy atom. The molecule has 4 aromatic rings. The smallest absolute Gasteiger partial charge is 0.234 e. The van der Waals surface area contributed by atoms with Crippen LogP contribution in [0.4, 0.5) is 11.4 Å². The number of benzene rings is 4. The Kier molecular flexibility index (Phi) is 14.2. The SMILES string of the molecule is COc1cccc([C@@H]2N=C(N)NC(SCC(=O)Nc3ccc(Cc4ccc(NC(=O)CSC5=N[C@@H](c6cccc(OC)c6OC)N=C(N)N5)cc4C#N)c(C#N)c3)=N2)c1OC. The van der Waals surface area contributed by atoms with E-state index in [1.807, 2.05) is 0 Å². The van der Waals surface area contributed by atoms with Crippen LogP contribution in [0.15, 0.2) is 92.8 Å². The van der Waals surface area contributed by atoms with E-state index in [2.05, 4.69) is 53.4 Å². The van der Waals surface area contributed by atoms with Gasteiger partial charge in [0.05, 0.1) is 63.2 Å². The molecule has 2 aliphatic rings. The number of nitrogens with one attached hydrogen (secondary N) is 4. The number of carbonyl (C=O) groups is 2. The number of hydrogen-bond donors (Lipinski definition) is 6.